The van der Waals surface area contributed by atoms with Crippen LogP contribution in [0.5, 0.6) is 0 Å². The van der Waals surface area contributed by atoms with Gasteiger partial charge in [-0.25, -0.2) is 0 Å². The predicted molar refractivity (Wildman–Crippen MR) is 66.4 cm³/mol. The molecule has 0 atom stereocenters. The van der Waals surface area contributed by atoms with Crippen LogP contribution in [0, 0.1) is 0 Å². The van der Waals surface area contributed by atoms with Crippen molar-refractivity contribution in [1.82, 2.24) is 9.44 Å². The molecule has 1 fully saturated rings. The Morgan fingerprint density at radius 2 is 0.929 bits per heavy atom. The van der Waals surface area contributed by atoms with Gasteiger partial charge in [0, 0.05) is 0 Å². The molecule has 1 aliphatic heterocycles. The average Bonchev–Trinajstić information content (AvgIpc) is 1.78. The van der Waals surface area contributed by atoms with Gasteiger partial charge >= 0.3 is 12.8 Å². The Morgan fingerprint density at radius 1 is 0.714 bits per heavy atom. The SMILES string of the molecule is CC(C)(C)N1B(Cl)N(C(C)(C)C)B1Cl. The fourth-order valence-electron chi connectivity index (χ4n) is 1.68. The van der Waals surface area contributed by atoms with Crippen LogP contribution in [0.3, 0.4) is 0 Å². The molecule has 0 N–H and O–H groups in total. The van der Waals surface area contributed by atoms with Gasteiger partial charge < -0.3 is 9.44 Å². The molecule has 0 amide bonds. The largest absolute Gasteiger partial charge is 0.401 e. The third-order valence-electron chi connectivity index (χ3n) is 2.47. The lowest BCUT2D eigenvalue weighted by Gasteiger charge is -2.59. The van der Waals surface area contributed by atoms with E-state index >= 15 is 0 Å². The standard InChI is InChI=1S/C8H18B2Cl2N2/c1-7(2,3)13-9(11)14(10(13)12)8(4,5)6/h1-6H3. The first-order valence-electron chi connectivity index (χ1n) is 4.92. The summed E-state index contributed by atoms with van der Waals surface area (Å²) in [6.07, 6.45) is -0.199. The third kappa shape index (κ3) is 2.08. The van der Waals surface area contributed by atoms with E-state index < -0.39 is 0 Å². The van der Waals surface area contributed by atoms with Crippen LogP contribution in [-0.4, -0.2) is 33.3 Å². The van der Waals surface area contributed by atoms with E-state index in [4.69, 9.17) is 22.9 Å². The van der Waals surface area contributed by atoms with E-state index in [1.807, 2.05) is 0 Å². The summed E-state index contributed by atoms with van der Waals surface area (Å²) in [5.41, 5.74) is 0.0289. The molecule has 0 aromatic heterocycles. The summed E-state index contributed by atoms with van der Waals surface area (Å²) < 4.78 is 4.20. The monoisotopic (exact) mass is 234 g/mol. The van der Waals surface area contributed by atoms with E-state index in [1.165, 1.54) is 0 Å². The maximum Gasteiger partial charge on any atom is 0.401 e. The minimum absolute atomic E-state index is 0.0145. The molecule has 1 rings (SSSR count). The van der Waals surface area contributed by atoms with Crippen molar-refractivity contribution in [2.45, 2.75) is 52.6 Å². The highest BCUT2D eigenvalue weighted by molar-refractivity contribution is 7.25. The summed E-state index contributed by atoms with van der Waals surface area (Å²) in [4.78, 5) is 0. The van der Waals surface area contributed by atoms with Gasteiger partial charge in [-0.1, -0.05) is 0 Å². The van der Waals surface area contributed by atoms with Crippen molar-refractivity contribution in [3.05, 3.63) is 0 Å². The molecule has 6 heteroatoms. The molecule has 1 saturated heterocycles. The summed E-state index contributed by atoms with van der Waals surface area (Å²) in [5.74, 6) is 0. The van der Waals surface area contributed by atoms with Crippen LogP contribution in [0.15, 0.2) is 0 Å². The second-order valence-electron chi connectivity index (χ2n) is 5.78. The summed E-state index contributed by atoms with van der Waals surface area (Å²) in [5, 5.41) is 0. The topological polar surface area (TPSA) is 6.48 Å². The Bertz CT molecular complexity index is 192. The number of hydrogen-bond acceptors (Lipinski definition) is 2. The highest BCUT2D eigenvalue weighted by Crippen LogP contribution is 2.37. The van der Waals surface area contributed by atoms with Crippen LogP contribution in [0.4, 0.5) is 0 Å². The molecule has 0 aromatic carbocycles. The Hall–Kier alpha value is 0.630. The molecule has 0 aromatic rings. The van der Waals surface area contributed by atoms with Gasteiger partial charge in [-0.3, -0.25) is 0 Å². The first kappa shape index (κ1) is 12.7. The highest BCUT2D eigenvalue weighted by Gasteiger charge is 2.59. The van der Waals surface area contributed by atoms with Crippen LogP contribution in [-0.2, 0) is 0 Å². The minimum atomic E-state index is -0.0995. The zero-order valence-electron chi connectivity index (χ0n) is 9.81. The first-order chi connectivity index (χ1) is 6.07. The molecule has 1 aliphatic rings. The van der Waals surface area contributed by atoms with Gasteiger partial charge in [0.2, 0.25) is 0 Å². The molecule has 14 heavy (non-hydrogen) atoms. The van der Waals surface area contributed by atoms with Gasteiger partial charge in [0.15, 0.2) is 0 Å². The van der Waals surface area contributed by atoms with Gasteiger partial charge in [-0.15, -0.1) is 0 Å². The summed E-state index contributed by atoms with van der Waals surface area (Å²) in [6, 6.07) is 0. The van der Waals surface area contributed by atoms with Gasteiger partial charge in [-0.05, 0) is 52.6 Å². The third-order valence-corrected chi connectivity index (χ3v) is 3.31. The smallest absolute Gasteiger partial charge is 0.324 e. The lowest BCUT2D eigenvalue weighted by atomic mass is 9.63. The number of rotatable bonds is 0. The lowest BCUT2D eigenvalue weighted by molar-refractivity contribution is 0.238. The Morgan fingerprint density at radius 3 is 1.07 bits per heavy atom. The average molecular weight is 235 g/mol. The second kappa shape index (κ2) is 3.58. The molecule has 0 bridgehead atoms. The molecule has 0 spiro atoms. The van der Waals surface area contributed by atoms with Crippen molar-refractivity contribution in [3.8, 4) is 0 Å². The predicted octanol–water partition coefficient (Wildman–Crippen LogP) is 2.65. The van der Waals surface area contributed by atoms with Gasteiger partial charge in [-0.2, -0.15) is 22.9 Å². The molecular weight excluding hydrogens is 217 g/mol. The Balaban J connectivity index is 2.76. The minimum Gasteiger partial charge on any atom is -0.324 e. The zero-order valence-corrected chi connectivity index (χ0v) is 11.3. The van der Waals surface area contributed by atoms with Crippen LogP contribution in [0.25, 0.3) is 0 Å². The molecule has 2 nitrogen and oxygen atoms in total. The van der Waals surface area contributed by atoms with Crippen molar-refractivity contribution in [2.75, 3.05) is 0 Å². The number of nitrogens with zero attached hydrogens (tertiary/aromatic N) is 2. The summed E-state index contributed by atoms with van der Waals surface area (Å²) in [7, 11) is 0. The van der Waals surface area contributed by atoms with Crippen LogP contribution >= 0.6 is 22.9 Å². The fourth-order valence-corrected chi connectivity index (χ4v) is 3.39. The summed E-state index contributed by atoms with van der Waals surface area (Å²) >= 11 is 12.6. The molecule has 80 valence electrons. The maximum atomic E-state index is 6.31. The van der Waals surface area contributed by atoms with Crippen LogP contribution in [0.2, 0.25) is 0 Å². The van der Waals surface area contributed by atoms with E-state index in [2.05, 4.69) is 51.0 Å². The Kier molecular flexibility index (Phi) is 3.25. The Labute approximate surface area is 98.0 Å². The molecule has 0 unspecified atom stereocenters. The molecule has 0 radical (unpaired) electrons. The van der Waals surface area contributed by atoms with Crippen LogP contribution < -0.4 is 0 Å². The molecule has 0 aliphatic carbocycles. The van der Waals surface area contributed by atoms with Crippen molar-refractivity contribution in [2.24, 2.45) is 0 Å². The fraction of sp³-hybridized carbons (Fsp3) is 1.00. The molecule has 0 saturated carbocycles. The molecule has 1 heterocycles. The zero-order chi connectivity index (χ0) is 11.3. The first-order valence-corrected chi connectivity index (χ1v) is 5.79. The quantitative estimate of drug-likeness (QED) is 0.595. The van der Waals surface area contributed by atoms with Crippen molar-refractivity contribution >= 4 is 35.7 Å². The van der Waals surface area contributed by atoms with Gasteiger partial charge in [0.25, 0.3) is 0 Å². The lowest BCUT2D eigenvalue weighted by Crippen LogP contribution is -2.81. The normalized spacial score (nSPS) is 21.4. The van der Waals surface area contributed by atoms with Crippen molar-refractivity contribution in [1.29, 1.82) is 0 Å². The van der Waals surface area contributed by atoms with Crippen molar-refractivity contribution < 1.29 is 0 Å². The number of hydrogen-bond donors (Lipinski definition) is 0. The maximum absolute atomic E-state index is 6.31. The van der Waals surface area contributed by atoms with Crippen molar-refractivity contribution in [3.63, 3.8) is 0 Å². The van der Waals surface area contributed by atoms with E-state index in [-0.39, 0.29) is 23.9 Å². The highest BCUT2D eigenvalue weighted by atomic mass is 35.5. The summed E-state index contributed by atoms with van der Waals surface area (Å²) in [6.45, 7) is 12.7. The van der Waals surface area contributed by atoms with Gasteiger partial charge in [0.05, 0.1) is 0 Å². The van der Waals surface area contributed by atoms with Gasteiger partial charge in [0.1, 0.15) is 0 Å². The second-order valence-corrected chi connectivity index (χ2v) is 6.56. The van der Waals surface area contributed by atoms with E-state index in [9.17, 15) is 0 Å². The van der Waals surface area contributed by atoms with E-state index in [0.717, 1.165) is 0 Å². The number of halogens is 2. The molecular formula is C8H18B2Cl2N2. The van der Waals surface area contributed by atoms with Crippen LogP contribution in [0.1, 0.15) is 41.5 Å². The van der Waals surface area contributed by atoms with E-state index in [1.54, 1.807) is 0 Å². The van der Waals surface area contributed by atoms with E-state index in [0.29, 0.717) is 0 Å².